The molecule has 0 unspecified atom stereocenters. The highest BCUT2D eigenvalue weighted by atomic mass is 79.9. The fourth-order valence-corrected chi connectivity index (χ4v) is 15.1. The number of esters is 4. The minimum Gasteiger partial charge on any atom is -0.503 e. The van der Waals surface area contributed by atoms with E-state index in [1.54, 1.807) is 27.7 Å². The summed E-state index contributed by atoms with van der Waals surface area (Å²) >= 11 is 2.96. The first-order valence-electron chi connectivity index (χ1n) is 44.0. The first kappa shape index (κ1) is 107. The van der Waals surface area contributed by atoms with Gasteiger partial charge in [0.2, 0.25) is 74.3 Å². The number of pyridine rings is 6. The second-order valence-electron chi connectivity index (χ2n) is 32.9. The Bertz CT molecular complexity index is 7530. The molecule has 6 aliphatic carbocycles. The number of aliphatic carboxylic acids is 1. The maximum Gasteiger partial charge on any atom is 0.343 e. The predicted molar refractivity (Wildman–Crippen MR) is 486 cm³/mol. The van der Waals surface area contributed by atoms with Crippen LogP contribution in [0.3, 0.4) is 0 Å². The molecule has 0 bridgehead atoms. The second-order valence-corrected chi connectivity index (χ2v) is 33.5. The summed E-state index contributed by atoms with van der Waals surface area (Å²) in [4.78, 5) is 176. The lowest BCUT2D eigenvalue weighted by molar-refractivity contribution is -0.139. The lowest BCUT2D eigenvalue weighted by atomic mass is 10.1. The standard InChI is InChI=1S/C18H17F2NO5.C17H15F2NO6.C16H14F3NO4.C15H13F2NO4.C14H11F2NO4.C13H9F2NO4.C3H5BrO/c1-3-25-18(24)12-7-21(10-4-5-10)15-11(16(12)23)6-13(19)14(20)17(15)26-8-9(2)22;1-2-25-17(24)10-6-20(8-3-4-8)14-9(15(10)23)5-11(18)13(19)16(14)26-7-12(21)22;1-2-23-16(22)10-6-20(8-3-4-8)13-9(14(10)21)5-11(18)12(19)15(13)24-7-17;1-2-22-15(21)9-6-18(7-3-4-7)12-8(13(9)19)5-10(16)11(17)14(12)20;1-21-13-10(16)9(15)4-7-11(13)17(6-2-3-6)5-8(12(7)18)14(19)20;14-8-3-6-10(12(18)9(8)15)16(5-1-2-5)4-7(11(6)17)13(19)20;1-3(5)2-4/h6-7,10H,3-5,8H2,1-2H3;5-6,8H,2-4,7H2,1H3,(H,21,22);5-6,8H,2-4,7H2,1H3;5-7,20H,2-4H2,1H3;4-6H,2-3H2,1H3,(H,19,20);3-5,18H,1-2H2,(H,19,20);2H2,1H3. The molecular formula is C96H84BrF13N6O28. The number of carbonyl (C=O) groups is 9. The number of hydrogen-bond acceptors (Lipinski definition) is 25. The van der Waals surface area contributed by atoms with Gasteiger partial charge in [0, 0.05) is 73.4 Å². The molecule has 48 heteroatoms. The minimum atomic E-state index is -1.45. The molecule has 5 N–H and O–H groups in total. The van der Waals surface area contributed by atoms with E-state index in [4.69, 9.17) is 48.5 Å². The highest BCUT2D eigenvalue weighted by molar-refractivity contribution is 9.09. The van der Waals surface area contributed by atoms with Gasteiger partial charge in [0.05, 0.1) is 104 Å². The number of phenols is 2. The lowest BCUT2D eigenvalue weighted by Crippen LogP contribution is -2.22. The van der Waals surface area contributed by atoms with Crippen molar-refractivity contribution < 1.29 is 164 Å². The zero-order valence-corrected chi connectivity index (χ0v) is 78.2. The third-order valence-corrected chi connectivity index (χ3v) is 23.3. The molecule has 0 saturated heterocycles. The van der Waals surface area contributed by atoms with E-state index in [-0.39, 0.29) is 168 Å². The van der Waals surface area contributed by atoms with Crippen LogP contribution in [0.5, 0.6) is 34.5 Å². The Morgan fingerprint density at radius 3 is 0.750 bits per heavy atom. The summed E-state index contributed by atoms with van der Waals surface area (Å²) in [7, 11) is 1.17. The van der Waals surface area contributed by atoms with Gasteiger partial charge in [0.1, 0.15) is 45.8 Å². The first-order valence-corrected chi connectivity index (χ1v) is 45.1. The number of halogens is 14. The van der Waals surface area contributed by atoms with Gasteiger partial charge in [-0.25, -0.2) is 64.3 Å². The lowest BCUT2D eigenvalue weighted by Gasteiger charge is -2.17. The van der Waals surface area contributed by atoms with Gasteiger partial charge in [-0.05, 0) is 155 Å². The number of aromatic carboxylic acids is 2. The average Bonchev–Trinajstić information content (AvgIpc) is 1.73. The quantitative estimate of drug-likeness (QED) is 0.0145. The molecule has 6 fully saturated rings. The van der Waals surface area contributed by atoms with E-state index >= 15 is 0 Å². The summed E-state index contributed by atoms with van der Waals surface area (Å²) < 4.78 is 226. The molecule has 6 saturated carbocycles. The topological polar surface area (TPSA) is 461 Å². The molecule has 0 aliphatic heterocycles. The predicted octanol–water partition coefficient (Wildman–Crippen LogP) is 15.9. The fourth-order valence-electron chi connectivity index (χ4n) is 15.1. The van der Waals surface area contributed by atoms with Crippen molar-refractivity contribution >= 4 is 135 Å². The normalized spacial score (nSPS) is 13.9. The van der Waals surface area contributed by atoms with Crippen molar-refractivity contribution in [3.8, 4) is 34.5 Å². The number of benzene rings is 6. The molecule has 34 nitrogen and oxygen atoms in total. The number of alkyl halides is 2. The molecule has 12 aromatic rings. The van der Waals surface area contributed by atoms with Crippen molar-refractivity contribution in [3.05, 3.63) is 238 Å². The highest BCUT2D eigenvalue weighted by Crippen LogP contribution is 2.47. The van der Waals surface area contributed by atoms with Crippen molar-refractivity contribution in [2.75, 3.05) is 58.9 Å². The molecule has 6 aliphatic rings. The van der Waals surface area contributed by atoms with Crippen molar-refractivity contribution in [1.29, 1.82) is 0 Å². The first-order chi connectivity index (χ1) is 68.3. The number of carboxylic acids is 3. The van der Waals surface area contributed by atoms with E-state index in [1.807, 2.05) is 0 Å². The Balaban J connectivity index is 0.000000153. The van der Waals surface area contributed by atoms with E-state index in [9.17, 15) is 139 Å². The molecule has 0 spiro atoms. The maximum atomic E-state index is 14.3. The number of methoxy groups -OCH3 is 1. The molecule has 144 heavy (non-hydrogen) atoms. The van der Waals surface area contributed by atoms with Crippen molar-refractivity contribution in [2.45, 2.75) is 155 Å². The van der Waals surface area contributed by atoms with E-state index in [0.29, 0.717) is 42.4 Å². The van der Waals surface area contributed by atoms with E-state index in [0.717, 1.165) is 82.5 Å². The van der Waals surface area contributed by atoms with Crippen LogP contribution in [0.1, 0.15) is 217 Å². The van der Waals surface area contributed by atoms with Crippen LogP contribution in [0.15, 0.2) is 102 Å². The molecule has 0 amide bonds. The van der Waals surface area contributed by atoms with Gasteiger partial charge in [-0.1, -0.05) is 15.9 Å². The van der Waals surface area contributed by atoms with Gasteiger partial charge in [0.25, 0.3) is 0 Å². The van der Waals surface area contributed by atoms with Crippen LogP contribution < -0.4 is 51.5 Å². The molecule has 0 atom stereocenters. The monoisotopic (exact) mass is 2090 g/mol. The van der Waals surface area contributed by atoms with E-state index in [2.05, 4.69) is 20.7 Å². The van der Waals surface area contributed by atoms with Gasteiger partial charge in [-0.15, -0.1) is 0 Å². The second kappa shape index (κ2) is 44.8. The van der Waals surface area contributed by atoms with Crippen LogP contribution in [-0.2, 0) is 33.3 Å². The largest absolute Gasteiger partial charge is 0.503 e. The smallest absolute Gasteiger partial charge is 0.343 e. The van der Waals surface area contributed by atoms with Gasteiger partial charge >= 0.3 is 41.8 Å². The number of ketones is 2. The summed E-state index contributed by atoms with van der Waals surface area (Å²) in [6, 6.07) is 3.64. The number of aromatic hydroxyl groups is 2. The molecule has 6 aromatic heterocycles. The molecule has 6 aromatic carbocycles. The van der Waals surface area contributed by atoms with Crippen molar-refractivity contribution in [2.24, 2.45) is 0 Å². The summed E-state index contributed by atoms with van der Waals surface area (Å²) in [5.74, 6) is -28.1. The molecule has 764 valence electrons. The number of aromatic nitrogens is 6. The maximum absolute atomic E-state index is 14.3. The number of phenolic OH excluding ortho intramolecular Hbond substituents is 2. The van der Waals surface area contributed by atoms with Crippen molar-refractivity contribution in [1.82, 2.24) is 27.4 Å². The molecule has 6 heterocycles. The number of carbonyl (C=O) groups excluding carboxylic acids is 6. The zero-order chi connectivity index (χ0) is 106. The Hall–Kier alpha value is -15.4. The average molecular weight is 2100 g/mol. The molecular weight excluding hydrogens is 2010 g/mol. The number of fused-ring (bicyclic) bond motifs is 6. The molecule has 18 rings (SSSR count). The zero-order valence-electron chi connectivity index (χ0n) is 76.6. The van der Waals surface area contributed by atoms with Crippen LogP contribution in [0.25, 0.3) is 65.4 Å². The van der Waals surface area contributed by atoms with Gasteiger partial charge in [-0.3, -0.25) is 38.4 Å². The highest BCUT2D eigenvalue weighted by Gasteiger charge is 2.39. The third-order valence-electron chi connectivity index (χ3n) is 22.5. The fraction of sp³-hybridized carbons (Fsp3) is 0.344. The Kier molecular flexibility index (Phi) is 33.4. The Labute approximate surface area is 808 Å². The van der Waals surface area contributed by atoms with E-state index < -0.39 is 204 Å². The van der Waals surface area contributed by atoms with Crippen LogP contribution in [-0.4, -0.2) is 165 Å². The van der Waals surface area contributed by atoms with E-state index in [1.165, 1.54) is 79.3 Å². The number of carboxylic acid groups (broad SMARTS) is 3. The van der Waals surface area contributed by atoms with Crippen molar-refractivity contribution in [3.63, 3.8) is 0 Å². The van der Waals surface area contributed by atoms with Gasteiger partial charge in [0.15, 0.2) is 81.8 Å². The third kappa shape index (κ3) is 22.8. The van der Waals surface area contributed by atoms with Gasteiger partial charge < -0.3 is 90.8 Å². The Morgan fingerprint density at radius 1 is 0.326 bits per heavy atom. The van der Waals surface area contributed by atoms with Gasteiger partial charge in [-0.2, -0.15) is 26.3 Å². The van der Waals surface area contributed by atoms with Crippen LogP contribution in [0.4, 0.5) is 57.1 Å². The SMILES string of the molecule is CC(=O)CBr.CCOC(=O)c1cn(C2CC2)c2c(O)c(F)c(F)cc2c1=O.CCOC(=O)c1cn(C2CC2)c2c(OCC(=O)O)c(F)c(F)cc2c1=O.CCOC(=O)c1cn(C2CC2)c2c(OCC(C)=O)c(F)c(F)cc2c1=O.CCOC(=O)c1cn(C2CC2)c2c(OCF)c(F)c(F)cc2c1=O.COc1c(F)c(F)cc2c(=O)c(C(=O)O)cn(C3CC3)c12.O=C(O)c1cn(C2CC2)c2c(O)c(F)c(F)cc2c1=O. The number of rotatable bonds is 26. The summed E-state index contributed by atoms with van der Waals surface area (Å²) in [6.45, 7) is 6.65. The molecule has 0 radical (unpaired) electrons. The number of nitrogens with zero attached hydrogens (tertiary/aromatic N) is 6. The summed E-state index contributed by atoms with van der Waals surface area (Å²) in [6.07, 6.45) is 16.1. The number of hydrogen-bond donors (Lipinski definition) is 5. The minimum absolute atomic E-state index is 0.0331. The summed E-state index contributed by atoms with van der Waals surface area (Å²) in [5, 5.41) is 45.4. The number of ether oxygens (including phenoxy) is 8. The Morgan fingerprint density at radius 2 is 0.535 bits per heavy atom. The van der Waals surface area contributed by atoms with Crippen LogP contribution in [0.2, 0.25) is 0 Å². The number of Topliss-reactive ketones (excluding diaryl/α,β-unsaturated/α-hetero) is 2. The van der Waals surface area contributed by atoms with Crippen LogP contribution in [0, 0.1) is 69.8 Å². The van der Waals surface area contributed by atoms with Crippen LogP contribution >= 0.6 is 15.9 Å². The summed E-state index contributed by atoms with van der Waals surface area (Å²) in [5.41, 5.74) is -7.41.